The first kappa shape index (κ1) is 82.7. The van der Waals surface area contributed by atoms with Crippen molar-refractivity contribution in [2.75, 3.05) is 12.0 Å². The number of carboxylic acids is 5. The molecule has 0 aliphatic carbocycles. The number of aromatic hydroxyl groups is 2. The lowest BCUT2D eigenvalue weighted by atomic mass is 10.0. The number of rotatable bonds is 44. The van der Waals surface area contributed by atoms with Crippen molar-refractivity contribution in [1.82, 2.24) is 53.2 Å². The molecule has 11 atom stereocenters. The van der Waals surface area contributed by atoms with Crippen molar-refractivity contribution in [3.05, 3.63) is 131 Å². The topological polar surface area (TPSA) is 587 Å². The predicted octanol–water partition coefficient (Wildman–Crippen LogP) is -3.04. The Morgan fingerprint density at radius 3 is 1.04 bits per heavy atom. The minimum Gasteiger partial charge on any atom is -0.508 e. The van der Waals surface area contributed by atoms with Crippen molar-refractivity contribution < 1.29 is 112 Å². The molecule has 0 aromatic heterocycles. The van der Waals surface area contributed by atoms with E-state index in [1.54, 1.807) is 66.9 Å². The highest BCUT2D eigenvalue weighted by Gasteiger charge is 2.37. The van der Waals surface area contributed by atoms with E-state index in [0.717, 1.165) is 0 Å². The van der Waals surface area contributed by atoms with E-state index in [2.05, 4.69) is 47.9 Å². The van der Waals surface area contributed by atoms with Crippen LogP contribution >= 0.6 is 11.8 Å². The van der Waals surface area contributed by atoms with Crippen LogP contribution in [0.4, 0.5) is 0 Å². The molecule has 4 aromatic carbocycles. The van der Waals surface area contributed by atoms with Crippen LogP contribution in [-0.4, -0.2) is 209 Å². The Morgan fingerprint density at radius 1 is 0.353 bits per heavy atom. The first-order valence-corrected chi connectivity index (χ1v) is 32.9. The van der Waals surface area contributed by atoms with E-state index in [1.165, 1.54) is 67.2 Å². The largest absolute Gasteiger partial charge is 0.508 e. The molecule has 0 saturated heterocycles. The zero-order chi connectivity index (χ0) is 75.8. The molecule has 0 heterocycles. The summed E-state index contributed by atoms with van der Waals surface area (Å²) in [5.74, 6) is -20.6. The van der Waals surface area contributed by atoms with Crippen LogP contribution in [0.3, 0.4) is 0 Å². The molecule has 11 amide bonds. The Labute approximate surface area is 586 Å². The zero-order valence-corrected chi connectivity index (χ0v) is 56.0. The number of phenols is 2. The van der Waals surface area contributed by atoms with E-state index in [9.17, 15) is 107 Å². The van der Waals surface area contributed by atoms with E-state index in [4.69, 9.17) is 16.6 Å². The number of nitrogens with one attached hydrogen (secondary N) is 10. The minimum atomic E-state index is -2.04. The number of nitrogens with two attached hydrogens (primary N) is 2. The highest BCUT2D eigenvalue weighted by Crippen LogP contribution is 2.16. The van der Waals surface area contributed by atoms with E-state index < -0.39 is 213 Å². The summed E-state index contributed by atoms with van der Waals surface area (Å²) < 4.78 is 0. The van der Waals surface area contributed by atoms with Crippen LogP contribution in [0.15, 0.2) is 109 Å². The zero-order valence-electron chi connectivity index (χ0n) is 55.2. The number of primary amides is 1. The van der Waals surface area contributed by atoms with Crippen LogP contribution in [0, 0.1) is 0 Å². The molecule has 0 radical (unpaired) electrons. The van der Waals surface area contributed by atoms with Crippen LogP contribution in [0.25, 0.3) is 0 Å². The summed E-state index contributed by atoms with van der Waals surface area (Å²) in [6, 6.07) is 7.51. The summed E-state index contributed by atoms with van der Waals surface area (Å²) in [5, 5.41) is 91.1. The van der Waals surface area contributed by atoms with Crippen molar-refractivity contribution in [3.8, 4) is 11.5 Å². The number of amides is 11. The van der Waals surface area contributed by atoms with Gasteiger partial charge in [0.25, 0.3) is 0 Å². The first-order chi connectivity index (χ1) is 48.2. The molecule has 550 valence electrons. The number of aliphatic carboxylic acids is 5. The molecule has 0 saturated carbocycles. The molecule has 0 aliphatic rings. The molecule has 0 spiro atoms. The van der Waals surface area contributed by atoms with Gasteiger partial charge in [0.1, 0.15) is 71.9 Å². The van der Waals surface area contributed by atoms with Gasteiger partial charge in [-0.1, -0.05) is 84.9 Å². The SMILES string of the molecule is CSCC[C@H](NC(=O)[C@H](C)NC(=O)[C@H](Cc1ccccc1)NC(=O)[C@H](Cc1ccc(O)cc1)NC(=O)[C@H](Cc1ccccc1)NC(=O)[C@H](CC(N)=O)NC(=O)[C@H](CCC(=O)O)NC(=O)[C@H](CC(=O)O)NC(=O)[C@@H](N)CCC(=O)O)C(=O)N[C@@H](CC(=O)O)C(=O)N[C@@H](Cc1ccc(O)cc1)C(=O)O. The fourth-order valence-corrected chi connectivity index (χ4v) is 10.2. The van der Waals surface area contributed by atoms with Gasteiger partial charge in [0.2, 0.25) is 65.0 Å². The summed E-state index contributed by atoms with van der Waals surface area (Å²) in [7, 11) is 0. The summed E-state index contributed by atoms with van der Waals surface area (Å²) in [5.41, 5.74) is 12.8. The van der Waals surface area contributed by atoms with Gasteiger partial charge < -0.3 is 100 Å². The van der Waals surface area contributed by atoms with Gasteiger partial charge >= 0.3 is 29.8 Å². The third-order valence-electron chi connectivity index (χ3n) is 15.2. The third kappa shape index (κ3) is 29.8. The van der Waals surface area contributed by atoms with Crippen molar-refractivity contribution >= 4 is 107 Å². The smallest absolute Gasteiger partial charge is 0.326 e. The van der Waals surface area contributed by atoms with Gasteiger partial charge in [-0.05, 0) is 84.7 Å². The third-order valence-corrected chi connectivity index (χ3v) is 15.8. The van der Waals surface area contributed by atoms with Crippen LogP contribution in [0.1, 0.15) is 80.5 Å². The highest BCUT2D eigenvalue weighted by molar-refractivity contribution is 7.98. The van der Waals surface area contributed by atoms with E-state index in [0.29, 0.717) is 22.3 Å². The minimum absolute atomic E-state index is 0.120. The van der Waals surface area contributed by atoms with Crippen molar-refractivity contribution in [2.24, 2.45) is 11.5 Å². The Balaban J connectivity index is 1.65. The maximum Gasteiger partial charge on any atom is 0.326 e. The normalized spacial score (nSPS) is 14.1. The van der Waals surface area contributed by atoms with E-state index >= 15 is 0 Å². The maximum absolute atomic E-state index is 14.9. The number of carbonyl (C=O) groups is 16. The molecule has 0 fully saturated rings. The number of benzene rings is 4. The lowest BCUT2D eigenvalue weighted by molar-refractivity contribution is -0.144. The van der Waals surface area contributed by atoms with Crippen LogP contribution in [0.2, 0.25) is 0 Å². The molecule has 36 heteroatoms. The molecular formula is C66H82N12O23S. The average molecular weight is 1440 g/mol. The molecule has 21 N–H and O–H groups in total. The number of hydrogen-bond donors (Lipinski definition) is 19. The number of carboxylic acid groups (broad SMARTS) is 5. The summed E-state index contributed by atoms with van der Waals surface area (Å²) in [4.78, 5) is 212. The lowest BCUT2D eigenvalue weighted by Gasteiger charge is -2.28. The Kier molecular flexibility index (Phi) is 33.8. The molecule has 35 nitrogen and oxygen atoms in total. The van der Waals surface area contributed by atoms with E-state index in [1.807, 2.05) is 5.32 Å². The van der Waals surface area contributed by atoms with Gasteiger partial charge in [-0.25, -0.2) is 4.79 Å². The molecule has 0 bridgehead atoms. The molecule has 4 aromatic rings. The van der Waals surface area contributed by atoms with Crippen molar-refractivity contribution in [2.45, 2.75) is 150 Å². The molecular weight excluding hydrogens is 1360 g/mol. The average Bonchev–Trinajstić information content (AvgIpc) is 0.853. The standard InChI is InChI=1S/C66H82N12O23S/c1-34(56(90)70-43(25-26-102-2)59(93)77-49(33-55(88)89)65(99)78-50(66(100)101)30-38-15-19-40(80)20-16-38)69-60(94)44(27-35-9-5-3-6-10-35)73-62(96)46(29-37-13-17-39(79)18-14-37)74-61(95)45(28-36-11-7-4-8-12-36)75-63(97)47(31-51(68)81)76-58(92)42(22-24-53(84)85)71-64(98)48(32-54(86)87)72-57(91)41(67)21-23-52(82)83/h3-20,34,41-50,79-80H,21-33,67H2,1-2H3,(H2,68,81)(H,69,94)(H,70,90)(H,71,98)(H,72,91)(H,73,96)(H,74,95)(H,75,97)(H,76,92)(H,77,93)(H,78,99)(H,82,83)(H,84,85)(H,86,87)(H,88,89)(H,100,101)/t34-,41-,42-,43-,44-,45-,46-,47-,48-,49-,50-/m0/s1. The van der Waals surface area contributed by atoms with Gasteiger partial charge in [0, 0.05) is 38.5 Å². The van der Waals surface area contributed by atoms with Crippen LogP contribution in [0.5, 0.6) is 11.5 Å². The number of thioether (sulfide) groups is 1. The second kappa shape index (κ2) is 41.7. The number of carbonyl (C=O) groups excluding carboxylic acids is 11. The predicted molar refractivity (Wildman–Crippen MR) is 360 cm³/mol. The first-order valence-electron chi connectivity index (χ1n) is 31.5. The Morgan fingerprint density at radius 2 is 0.657 bits per heavy atom. The fraction of sp³-hybridized carbons (Fsp3) is 0.394. The number of hydrogen-bond acceptors (Lipinski definition) is 20. The summed E-state index contributed by atoms with van der Waals surface area (Å²) >= 11 is 1.24. The molecule has 0 aliphatic heterocycles. The van der Waals surface area contributed by atoms with Crippen molar-refractivity contribution in [1.29, 1.82) is 0 Å². The summed E-state index contributed by atoms with van der Waals surface area (Å²) in [6.07, 6.45) is -5.66. The lowest BCUT2D eigenvalue weighted by Crippen LogP contribution is -2.61. The second-order valence-corrected chi connectivity index (χ2v) is 24.3. The molecule has 4 rings (SSSR count). The fourth-order valence-electron chi connectivity index (χ4n) is 9.75. The summed E-state index contributed by atoms with van der Waals surface area (Å²) in [6.45, 7) is 1.22. The Bertz CT molecular complexity index is 3630. The van der Waals surface area contributed by atoms with E-state index in [-0.39, 0.29) is 42.9 Å². The van der Waals surface area contributed by atoms with Gasteiger partial charge in [0.15, 0.2) is 0 Å². The molecule has 102 heavy (non-hydrogen) atoms. The quantitative estimate of drug-likeness (QED) is 0.0209. The monoisotopic (exact) mass is 1440 g/mol. The Hall–Kier alpha value is -11.7. The van der Waals surface area contributed by atoms with Crippen LogP contribution < -0.4 is 64.6 Å². The molecule has 0 unspecified atom stereocenters. The van der Waals surface area contributed by atoms with Crippen LogP contribution in [-0.2, 0) is 102 Å². The van der Waals surface area contributed by atoms with Gasteiger partial charge in [-0.2, -0.15) is 11.8 Å². The van der Waals surface area contributed by atoms with Crippen molar-refractivity contribution in [3.63, 3.8) is 0 Å². The van der Waals surface area contributed by atoms with Gasteiger partial charge in [0.05, 0.1) is 25.3 Å². The second-order valence-electron chi connectivity index (χ2n) is 23.4. The number of phenolic OH excluding ortho intramolecular Hbond substituents is 2. The van der Waals surface area contributed by atoms with Gasteiger partial charge in [-0.15, -0.1) is 0 Å². The van der Waals surface area contributed by atoms with Gasteiger partial charge in [-0.3, -0.25) is 71.9 Å². The maximum atomic E-state index is 14.9. The highest BCUT2D eigenvalue weighted by atomic mass is 32.2.